The molecule has 3 aromatic rings. The van der Waals surface area contributed by atoms with Crippen LogP contribution in [0.2, 0.25) is 5.02 Å². The number of phenols is 1. The summed E-state index contributed by atoms with van der Waals surface area (Å²) in [6.07, 6.45) is 0. The number of para-hydroxylation sites is 1. The predicted octanol–water partition coefficient (Wildman–Crippen LogP) is 3.31. The van der Waals surface area contributed by atoms with Crippen molar-refractivity contribution in [2.24, 2.45) is 0 Å². The molecule has 0 atom stereocenters. The molecule has 4 heteroatoms. The molecule has 0 saturated heterocycles. The first kappa shape index (κ1) is 10.2. The predicted molar refractivity (Wildman–Crippen MR) is 66.7 cm³/mol. The van der Waals surface area contributed by atoms with Crippen molar-refractivity contribution in [2.45, 2.75) is 0 Å². The third kappa shape index (κ3) is 1.47. The van der Waals surface area contributed by atoms with E-state index in [1.54, 1.807) is 12.1 Å². The van der Waals surface area contributed by atoms with Gasteiger partial charge in [0.2, 0.25) is 0 Å². The van der Waals surface area contributed by atoms with Gasteiger partial charge < -0.3 is 9.52 Å². The van der Waals surface area contributed by atoms with Crippen molar-refractivity contribution in [3.63, 3.8) is 0 Å². The Morgan fingerprint density at radius 1 is 1.06 bits per heavy atom. The van der Waals surface area contributed by atoms with Gasteiger partial charge in [0.25, 0.3) is 0 Å². The average Bonchev–Trinajstić information content (AvgIpc) is 2.32. The second-order valence-electron chi connectivity index (χ2n) is 3.73. The van der Waals surface area contributed by atoms with Crippen molar-refractivity contribution >= 4 is 33.3 Å². The van der Waals surface area contributed by atoms with E-state index in [0.717, 1.165) is 5.39 Å². The normalized spacial score (nSPS) is 11.1. The fraction of sp³-hybridized carbons (Fsp3) is 0. The zero-order chi connectivity index (χ0) is 12.0. The van der Waals surface area contributed by atoms with Gasteiger partial charge >= 0.3 is 5.63 Å². The Hall–Kier alpha value is -2.00. The molecule has 0 aliphatic carbocycles. The first-order chi connectivity index (χ1) is 8.16. The lowest BCUT2D eigenvalue weighted by molar-refractivity contribution is 0.476. The minimum Gasteiger partial charge on any atom is -0.506 e. The Labute approximate surface area is 101 Å². The number of fused-ring (bicyclic) bond motifs is 3. The molecule has 1 N–H and O–H groups in total. The van der Waals surface area contributed by atoms with Crippen molar-refractivity contribution in [3.8, 4) is 5.75 Å². The van der Waals surface area contributed by atoms with Gasteiger partial charge in [-0.05, 0) is 18.2 Å². The Balaban J connectivity index is 2.65. The summed E-state index contributed by atoms with van der Waals surface area (Å²) in [4.78, 5) is 11.7. The van der Waals surface area contributed by atoms with Crippen LogP contribution in [0.3, 0.4) is 0 Å². The Bertz CT molecular complexity index is 790. The third-order valence-corrected chi connectivity index (χ3v) is 2.99. The number of halogens is 1. The van der Waals surface area contributed by atoms with Crippen LogP contribution < -0.4 is 5.63 Å². The van der Waals surface area contributed by atoms with Gasteiger partial charge in [0.1, 0.15) is 11.3 Å². The zero-order valence-corrected chi connectivity index (χ0v) is 9.36. The lowest BCUT2D eigenvalue weighted by Crippen LogP contribution is -1.99. The van der Waals surface area contributed by atoms with Crippen LogP contribution in [-0.4, -0.2) is 5.11 Å². The molecular weight excluding hydrogens is 240 g/mol. The largest absolute Gasteiger partial charge is 0.506 e. The second-order valence-corrected chi connectivity index (χ2v) is 4.14. The maximum Gasteiger partial charge on any atom is 0.344 e. The maximum atomic E-state index is 11.7. The van der Waals surface area contributed by atoms with Crippen LogP contribution in [0.1, 0.15) is 0 Å². The third-order valence-electron chi connectivity index (χ3n) is 2.69. The van der Waals surface area contributed by atoms with E-state index in [1.807, 2.05) is 12.1 Å². The van der Waals surface area contributed by atoms with Crippen molar-refractivity contribution in [2.75, 3.05) is 0 Å². The summed E-state index contributed by atoms with van der Waals surface area (Å²) < 4.78 is 5.17. The second kappa shape index (κ2) is 3.50. The van der Waals surface area contributed by atoms with Crippen LogP contribution in [0, 0.1) is 0 Å². The Morgan fingerprint density at radius 2 is 1.82 bits per heavy atom. The highest BCUT2D eigenvalue weighted by atomic mass is 35.5. The number of aromatic hydroxyl groups is 1. The van der Waals surface area contributed by atoms with Crippen molar-refractivity contribution in [1.29, 1.82) is 0 Å². The van der Waals surface area contributed by atoms with Gasteiger partial charge in [0.05, 0.1) is 10.4 Å². The summed E-state index contributed by atoms with van der Waals surface area (Å²) in [5.74, 6) is -0.0464. The maximum absolute atomic E-state index is 11.7. The minimum atomic E-state index is -0.458. The van der Waals surface area contributed by atoms with Crippen LogP contribution >= 0.6 is 11.6 Å². The minimum absolute atomic E-state index is 0.0464. The van der Waals surface area contributed by atoms with Crippen molar-refractivity contribution in [1.82, 2.24) is 0 Å². The van der Waals surface area contributed by atoms with Gasteiger partial charge in [-0.15, -0.1) is 0 Å². The summed E-state index contributed by atoms with van der Waals surface area (Å²) in [7, 11) is 0. The summed E-state index contributed by atoms with van der Waals surface area (Å²) in [5.41, 5.74) is 0.0346. The van der Waals surface area contributed by atoms with E-state index < -0.39 is 5.63 Å². The molecule has 0 fully saturated rings. The Morgan fingerprint density at radius 3 is 2.65 bits per heavy atom. The van der Waals surface area contributed by atoms with E-state index in [0.29, 0.717) is 16.4 Å². The molecule has 3 nitrogen and oxygen atoms in total. The highest BCUT2D eigenvalue weighted by Crippen LogP contribution is 2.31. The van der Waals surface area contributed by atoms with Crippen LogP contribution in [0.4, 0.5) is 0 Å². The first-order valence-corrected chi connectivity index (χ1v) is 5.38. The molecule has 0 amide bonds. The molecular formula is C13H7ClO3. The number of benzene rings is 2. The smallest absolute Gasteiger partial charge is 0.344 e. The average molecular weight is 247 g/mol. The van der Waals surface area contributed by atoms with E-state index in [1.165, 1.54) is 12.1 Å². The molecule has 84 valence electrons. The van der Waals surface area contributed by atoms with Gasteiger partial charge in [-0.2, -0.15) is 0 Å². The SMILES string of the molecule is O=c1oc2ccccc2c2cc(O)c(Cl)cc12. The molecule has 3 rings (SSSR count). The Kier molecular flexibility index (Phi) is 2.09. The van der Waals surface area contributed by atoms with Crippen LogP contribution in [-0.2, 0) is 0 Å². The van der Waals surface area contributed by atoms with Gasteiger partial charge in [0.15, 0.2) is 0 Å². The molecule has 2 aromatic carbocycles. The van der Waals surface area contributed by atoms with E-state index in [4.69, 9.17) is 16.0 Å². The monoisotopic (exact) mass is 246 g/mol. The quantitative estimate of drug-likeness (QED) is 0.489. The van der Waals surface area contributed by atoms with Crippen LogP contribution in [0.15, 0.2) is 45.6 Å². The van der Waals surface area contributed by atoms with Crippen LogP contribution in [0.5, 0.6) is 5.75 Å². The molecule has 0 unspecified atom stereocenters. The number of phenolic OH excluding ortho intramolecular Hbond substituents is 1. The lowest BCUT2D eigenvalue weighted by atomic mass is 10.1. The highest BCUT2D eigenvalue weighted by Gasteiger charge is 2.10. The molecule has 0 radical (unpaired) electrons. The lowest BCUT2D eigenvalue weighted by Gasteiger charge is -2.03. The molecule has 0 aliphatic heterocycles. The van der Waals surface area contributed by atoms with E-state index in [-0.39, 0.29) is 10.8 Å². The summed E-state index contributed by atoms with van der Waals surface area (Å²) >= 11 is 5.78. The van der Waals surface area contributed by atoms with Crippen molar-refractivity contribution in [3.05, 3.63) is 51.8 Å². The van der Waals surface area contributed by atoms with Gasteiger partial charge in [-0.3, -0.25) is 0 Å². The summed E-state index contributed by atoms with van der Waals surface area (Å²) in [6, 6.07) is 10.1. The first-order valence-electron chi connectivity index (χ1n) is 5.01. The van der Waals surface area contributed by atoms with Gasteiger partial charge in [0, 0.05) is 10.8 Å². The fourth-order valence-electron chi connectivity index (χ4n) is 1.89. The molecule has 0 aliphatic rings. The highest BCUT2D eigenvalue weighted by molar-refractivity contribution is 6.33. The fourth-order valence-corrected chi connectivity index (χ4v) is 2.05. The molecule has 0 saturated carbocycles. The number of hydrogen-bond acceptors (Lipinski definition) is 3. The van der Waals surface area contributed by atoms with E-state index in [9.17, 15) is 9.90 Å². The molecule has 0 bridgehead atoms. The molecule has 0 spiro atoms. The van der Waals surface area contributed by atoms with Crippen LogP contribution in [0.25, 0.3) is 21.7 Å². The van der Waals surface area contributed by atoms with Gasteiger partial charge in [-0.25, -0.2) is 4.79 Å². The summed E-state index contributed by atoms with van der Waals surface area (Å²) in [5, 5.41) is 11.5. The molecule has 17 heavy (non-hydrogen) atoms. The molecule has 1 aromatic heterocycles. The van der Waals surface area contributed by atoms with Crippen molar-refractivity contribution < 1.29 is 9.52 Å². The number of hydrogen-bond donors (Lipinski definition) is 1. The topological polar surface area (TPSA) is 50.4 Å². The van der Waals surface area contributed by atoms with E-state index >= 15 is 0 Å². The summed E-state index contributed by atoms with van der Waals surface area (Å²) in [6.45, 7) is 0. The number of rotatable bonds is 0. The van der Waals surface area contributed by atoms with Gasteiger partial charge in [-0.1, -0.05) is 29.8 Å². The standard InChI is InChI=1S/C13H7ClO3/c14-10-5-9-8(6-11(10)15)7-3-1-2-4-12(7)17-13(9)16/h1-6,15H. The molecule has 1 heterocycles. The zero-order valence-electron chi connectivity index (χ0n) is 8.61. The van der Waals surface area contributed by atoms with E-state index in [2.05, 4.69) is 0 Å².